The SMILES string of the molecule is C#CCN1CCN2C(=O)CCC2C1. The minimum atomic E-state index is 0.324. The van der Waals surface area contributed by atoms with Crippen molar-refractivity contribution < 1.29 is 4.79 Å². The van der Waals surface area contributed by atoms with Crippen LogP contribution in [0.5, 0.6) is 0 Å². The summed E-state index contributed by atoms with van der Waals surface area (Å²) in [6.07, 6.45) is 7.00. The van der Waals surface area contributed by atoms with E-state index < -0.39 is 0 Å². The first-order chi connectivity index (χ1) is 6.31. The largest absolute Gasteiger partial charge is 0.337 e. The maximum Gasteiger partial charge on any atom is 0.222 e. The van der Waals surface area contributed by atoms with E-state index in [1.54, 1.807) is 0 Å². The fraction of sp³-hybridized carbons (Fsp3) is 0.700. The maximum absolute atomic E-state index is 11.3. The van der Waals surface area contributed by atoms with E-state index in [2.05, 4.69) is 10.8 Å². The number of carbonyl (C=O) groups excluding carboxylic acids is 1. The number of nitrogens with zero attached hydrogens (tertiary/aromatic N) is 2. The molecule has 2 saturated heterocycles. The summed E-state index contributed by atoms with van der Waals surface area (Å²) in [4.78, 5) is 15.6. The Balaban J connectivity index is 1.96. The molecule has 0 saturated carbocycles. The molecule has 2 aliphatic heterocycles. The van der Waals surface area contributed by atoms with E-state index in [9.17, 15) is 4.79 Å². The minimum Gasteiger partial charge on any atom is -0.337 e. The molecule has 0 aromatic carbocycles. The van der Waals surface area contributed by atoms with Crippen molar-refractivity contribution in [3.8, 4) is 12.3 Å². The molecular formula is C10H14N2O. The number of fused-ring (bicyclic) bond motifs is 1. The van der Waals surface area contributed by atoms with Crippen LogP contribution in [0.15, 0.2) is 0 Å². The molecule has 0 aromatic heterocycles. The first-order valence-electron chi connectivity index (χ1n) is 4.76. The van der Waals surface area contributed by atoms with Crippen LogP contribution in [0.1, 0.15) is 12.8 Å². The lowest BCUT2D eigenvalue weighted by Gasteiger charge is -2.36. The van der Waals surface area contributed by atoms with Crippen LogP contribution in [-0.2, 0) is 4.79 Å². The Bertz CT molecular complexity index is 256. The van der Waals surface area contributed by atoms with Gasteiger partial charge >= 0.3 is 0 Å². The van der Waals surface area contributed by atoms with Gasteiger partial charge in [-0.3, -0.25) is 9.69 Å². The molecule has 1 atom stereocenters. The van der Waals surface area contributed by atoms with Gasteiger partial charge in [0.25, 0.3) is 0 Å². The Morgan fingerprint density at radius 1 is 1.54 bits per heavy atom. The molecule has 0 spiro atoms. The van der Waals surface area contributed by atoms with E-state index in [1.807, 2.05) is 4.90 Å². The molecule has 70 valence electrons. The summed E-state index contributed by atoms with van der Waals surface area (Å²) in [7, 11) is 0. The predicted molar refractivity (Wildman–Crippen MR) is 50.0 cm³/mol. The molecule has 3 nitrogen and oxygen atoms in total. The van der Waals surface area contributed by atoms with Crippen LogP contribution in [0.4, 0.5) is 0 Å². The summed E-state index contributed by atoms with van der Waals surface area (Å²) in [6, 6.07) is 0.439. The van der Waals surface area contributed by atoms with Crippen LogP contribution >= 0.6 is 0 Å². The molecule has 1 unspecified atom stereocenters. The second-order valence-electron chi connectivity index (χ2n) is 3.72. The van der Waals surface area contributed by atoms with Crippen LogP contribution in [0.3, 0.4) is 0 Å². The highest BCUT2D eigenvalue weighted by Gasteiger charge is 2.34. The van der Waals surface area contributed by atoms with Crippen molar-refractivity contribution in [2.45, 2.75) is 18.9 Å². The number of rotatable bonds is 1. The second-order valence-corrected chi connectivity index (χ2v) is 3.72. The average molecular weight is 178 g/mol. The quantitative estimate of drug-likeness (QED) is 0.525. The number of terminal acetylenes is 1. The Morgan fingerprint density at radius 2 is 2.38 bits per heavy atom. The number of hydrogen-bond donors (Lipinski definition) is 0. The van der Waals surface area contributed by atoms with Crippen molar-refractivity contribution >= 4 is 5.91 Å². The van der Waals surface area contributed by atoms with Crippen LogP contribution in [0.2, 0.25) is 0 Å². The highest BCUT2D eigenvalue weighted by Crippen LogP contribution is 2.22. The molecular weight excluding hydrogens is 164 g/mol. The van der Waals surface area contributed by atoms with Gasteiger partial charge in [0.15, 0.2) is 0 Å². The Morgan fingerprint density at radius 3 is 3.15 bits per heavy atom. The molecule has 13 heavy (non-hydrogen) atoms. The summed E-state index contributed by atoms with van der Waals surface area (Å²) in [5.41, 5.74) is 0. The molecule has 2 heterocycles. The van der Waals surface area contributed by atoms with E-state index in [-0.39, 0.29) is 0 Å². The first kappa shape index (κ1) is 8.58. The number of piperazine rings is 1. The van der Waals surface area contributed by atoms with E-state index >= 15 is 0 Å². The van der Waals surface area contributed by atoms with Gasteiger partial charge in [0, 0.05) is 32.1 Å². The molecule has 3 heteroatoms. The Kier molecular flexibility index (Phi) is 2.24. The molecule has 0 bridgehead atoms. The third-order valence-corrected chi connectivity index (χ3v) is 2.89. The molecule has 2 rings (SSSR count). The van der Waals surface area contributed by atoms with Crippen molar-refractivity contribution in [1.82, 2.24) is 9.80 Å². The molecule has 0 radical (unpaired) electrons. The maximum atomic E-state index is 11.3. The van der Waals surface area contributed by atoms with Gasteiger partial charge in [-0.1, -0.05) is 5.92 Å². The van der Waals surface area contributed by atoms with E-state index in [1.165, 1.54) is 0 Å². The predicted octanol–water partition coefficient (Wildman–Crippen LogP) is -0.0738. The van der Waals surface area contributed by atoms with Crippen LogP contribution < -0.4 is 0 Å². The topological polar surface area (TPSA) is 23.6 Å². The first-order valence-corrected chi connectivity index (χ1v) is 4.76. The van der Waals surface area contributed by atoms with E-state index in [4.69, 9.17) is 6.42 Å². The zero-order chi connectivity index (χ0) is 9.26. The lowest BCUT2D eigenvalue weighted by molar-refractivity contribution is -0.130. The van der Waals surface area contributed by atoms with E-state index in [0.29, 0.717) is 11.9 Å². The Hall–Kier alpha value is -1.01. The number of amides is 1. The highest BCUT2D eigenvalue weighted by atomic mass is 16.2. The monoisotopic (exact) mass is 178 g/mol. The van der Waals surface area contributed by atoms with Gasteiger partial charge in [0.1, 0.15) is 0 Å². The molecule has 0 aromatic rings. The normalized spacial score (nSPS) is 28.7. The second kappa shape index (κ2) is 3.39. The van der Waals surface area contributed by atoms with Crippen LogP contribution in [0, 0.1) is 12.3 Å². The van der Waals surface area contributed by atoms with Gasteiger partial charge in [-0.05, 0) is 6.42 Å². The molecule has 2 fully saturated rings. The molecule has 1 amide bonds. The van der Waals surface area contributed by atoms with Crippen LogP contribution in [-0.4, -0.2) is 47.9 Å². The van der Waals surface area contributed by atoms with Gasteiger partial charge < -0.3 is 4.90 Å². The summed E-state index contributed by atoms with van der Waals surface area (Å²) in [6.45, 7) is 3.49. The fourth-order valence-electron chi connectivity index (χ4n) is 2.20. The van der Waals surface area contributed by atoms with Crippen molar-refractivity contribution in [2.75, 3.05) is 26.2 Å². The van der Waals surface area contributed by atoms with Crippen molar-refractivity contribution in [1.29, 1.82) is 0 Å². The molecule has 0 N–H and O–H groups in total. The van der Waals surface area contributed by atoms with Crippen molar-refractivity contribution in [2.24, 2.45) is 0 Å². The summed E-state index contributed by atoms with van der Waals surface area (Å²) in [5.74, 6) is 2.98. The van der Waals surface area contributed by atoms with Gasteiger partial charge in [-0.2, -0.15) is 0 Å². The number of hydrogen-bond acceptors (Lipinski definition) is 2. The zero-order valence-electron chi connectivity index (χ0n) is 7.70. The third-order valence-electron chi connectivity index (χ3n) is 2.89. The zero-order valence-corrected chi connectivity index (χ0v) is 7.70. The molecule has 0 aliphatic carbocycles. The third kappa shape index (κ3) is 1.54. The standard InChI is InChI=1S/C10H14N2O/c1-2-5-11-6-7-12-9(8-11)3-4-10(12)13/h1,9H,3-8H2. The highest BCUT2D eigenvalue weighted by molar-refractivity contribution is 5.78. The van der Waals surface area contributed by atoms with Gasteiger partial charge in [0.05, 0.1) is 6.54 Å². The summed E-state index contributed by atoms with van der Waals surface area (Å²) < 4.78 is 0. The van der Waals surface area contributed by atoms with Crippen LogP contribution in [0.25, 0.3) is 0 Å². The molecule has 2 aliphatic rings. The Labute approximate surface area is 78.7 Å². The fourth-order valence-corrected chi connectivity index (χ4v) is 2.20. The van der Waals surface area contributed by atoms with Gasteiger partial charge in [-0.15, -0.1) is 6.42 Å². The lowest BCUT2D eigenvalue weighted by Crippen LogP contribution is -2.51. The van der Waals surface area contributed by atoms with Crippen molar-refractivity contribution in [3.05, 3.63) is 0 Å². The average Bonchev–Trinajstić information content (AvgIpc) is 2.48. The van der Waals surface area contributed by atoms with Crippen molar-refractivity contribution in [3.63, 3.8) is 0 Å². The summed E-state index contributed by atoms with van der Waals surface area (Å²) in [5, 5.41) is 0. The summed E-state index contributed by atoms with van der Waals surface area (Å²) >= 11 is 0. The van der Waals surface area contributed by atoms with Gasteiger partial charge in [0.2, 0.25) is 5.91 Å². The van der Waals surface area contributed by atoms with Gasteiger partial charge in [-0.25, -0.2) is 0 Å². The minimum absolute atomic E-state index is 0.324. The lowest BCUT2D eigenvalue weighted by atomic mass is 10.1. The number of carbonyl (C=O) groups is 1. The smallest absolute Gasteiger partial charge is 0.222 e. The van der Waals surface area contributed by atoms with E-state index in [0.717, 1.165) is 39.0 Å².